The van der Waals surface area contributed by atoms with Gasteiger partial charge in [0.15, 0.2) is 0 Å². The molecule has 0 aliphatic carbocycles. The molecule has 1 heterocycles. The van der Waals surface area contributed by atoms with Crippen LogP contribution in [-0.4, -0.2) is 26.4 Å². The molecule has 0 N–H and O–H groups in total. The van der Waals surface area contributed by atoms with Gasteiger partial charge in [-0.15, -0.1) is 0 Å². The van der Waals surface area contributed by atoms with E-state index in [1.165, 1.54) is 15.6 Å². The van der Waals surface area contributed by atoms with Gasteiger partial charge >= 0.3 is 7.12 Å². The normalized spacial score (nSPS) is 18.0. The first-order chi connectivity index (χ1) is 13.7. The molecular weight excluding hydrogens is 371 g/mol. The van der Waals surface area contributed by atoms with Crippen LogP contribution in [0, 0.1) is 0 Å². The molecule has 0 spiro atoms. The summed E-state index contributed by atoms with van der Waals surface area (Å²) < 4.78 is 12.6. The van der Waals surface area contributed by atoms with E-state index in [2.05, 4.69) is 119 Å². The van der Waals surface area contributed by atoms with E-state index in [0.29, 0.717) is 0 Å². The Hall–Kier alpha value is -2.14. The molecule has 1 saturated heterocycles. The maximum Gasteiger partial charge on any atom is 0.494 e. The summed E-state index contributed by atoms with van der Waals surface area (Å²) in [5, 5.41) is 4.16. The Morgan fingerprint density at radius 1 is 0.621 bits per heavy atom. The van der Waals surface area contributed by atoms with Crippen LogP contribution in [0.15, 0.2) is 84.9 Å². The van der Waals surface area contributed by atoms with Crippen LogP contribution < -0.4 is 21.0 Å². The van der Waals surface area contributed by atoms with Crippen LogP contribution in [0.1, 0.15) is 27.7 Å². The van der Waals surface area contributed by atoms with Crippen molar-refractivity contribution in [3.63, 3.8) is 0 Å². The highest BCUT2D eigenvalue weighted by atomic mass is 28.3. The fourth-order valence-corrected chi connectivity index (χ4v) is 7.62. The van der Waals surface area contributed by atoms with E-state index in [1.807, 2.05) is 0 Å². The molecule has 0 amide bonds. The number of rotatable bonds is 4. The quantitative estimate of drug-likeness (QED) is 0.495. The first-order valence-electron chi connectivity index (χ1n) is 10.3. The molecule has 4 rings (SSSR count). The minimum atomic E-state index is -2.14. The summed E-state index contributed by atoms with van der Waals surface area (Å²) in [5.41, 5.74) is 0.410. The molecule has 29 heavy (non-hydrogen) atoms. The van der Waals surface area contributed by atoms with Gasteiger partial charge in [0.1, 0.15) is 8.07 Å². The zero-order chi connectivity index (χ0) is 20.7. The third-order valence-corrected chi connectivity index (χ3v) is 11.1. The van der Waals surface area contributed by atoms with Crippen molar-refractivity contribution in [2.24, 2.45) is 0 Å². The highest BCUT2D eigenvalue weighted by molar-refractivity contribution is 7.10. The minimum absolute atomic E-state index is 0.340. The molecular formula is C25H29BO2Si. The van der Waals surface area contributed by atoms with Crippen molar-refractivity contribution in [1.82, 2.24) is 0 Å². The standard InChI is InChI=1S/C25H29BO2Si/c1-24(2)25(3,4)28-26(27-24)20-13-12-18-23(19-20)29(5,21-14-8-6-9-15-21)22-16-10-7-11-17-22/h6-19H,1-5H3. The fraction of sp³-hybridized carbons (Fsp3) is 0.280. The first kappa shape index (κ1) is 20.1. The third kappa shape index (κ3) is 3.50. The minimum Gasteiger partial charge on any atom is -0.399 e. The van der Waals surface area contributed by atoms with Gasteiger partial charge in [0.05, 0.1) is 11.2 Å². The van der Waals surface area contributed by atoms with Gasteiger partial charge in [-0.3, -0.25) is 0 Å². The summed E-state index contributed by atoms with van der Waals surface area (Å²) in [6.45, 7) is 10.8. The molecule has 3 aromatic carbocycles. The summed E-state index contributed by atoms with van der Waals surface area (Å²) in [7, 11) is -2.49. The highest BCUT2D eigenvalue weighted by Crippen LogP contribution is 2.36. The van der Waals surface area contributed by atoms with Crippen molar-refractivity contribution in [3.8, 4) is 0 Å². The van der Waals surface area contributed by atoms with E-state index >= 15 is 0 Å². The topological polar surface area (TPSA) is 18.5 Å². The largest absolute Gasteiger partial charge is 0.494 e. The summed E-state index contributed by atoms with van der Waals surface area (Å²) in [4.78, 5) is 0. The van der Waals surface area contributed by atoms with Crippen molar-refractivity contribution < 1.29 is 9.31 Å². The van der Waals surface area contributed by atoms with Gasteiger partial charge in [-0.2, -0.15) is 0 Å². The number of hydrogen-bond donors (Lipinski definition) is 0. The van der Waals surface area contributed by atoms with Crippen LogP contribution in [0.25, 0.3) is 0 Å². The Bertz CT molecular complexity index is 930. The molecule has 0 unspecified atom stereocenters. The lowest BCUT2D eigenvalue weighted by molar-refractivity contribution is 0.00578. The van der Waals surface area contributed by atoms with Gasteiger partial charge < -0.3 is 9.31 Å². The molecule has 1 aliphatic heterocycles. The summed E-state index contributed by atoms with van der Waals surface area (Å²) in [5.74, 6) is 0. The van der Waals surface area contributed by atoms with E-state index in [-0.39, 0.29) is 18.3 Å². The Morgan fingerprint density at radius 2 is 1.07 bits per heavy atom. The van der Waals surface area contributed by atoms with Crippen LogP contribution in [0.5, 0.6) is 0 Å². The molecule has 1 aliphatic rings. The molecule has 0 saturated carbocycles. The molecule has 4 heteroatoms. The molecule has 0 bridgehead atoms. The molecule has 148 valence electrons. The van der Waals surface area contributed by atoms with Crippen LogP contribution in [-0.2, 0) is 9.31 Å². The van der Waals surface area contributed by atoms with E-state index in [0.717, 1.165) is 5.46 Å². The molecule has 0 atom stereocenters. The van der Waals surface area contributed by atoms with Crippen molar-refractivity contribution in [1.29, 1.82) is 0 Å². The molecule has 3 aromatic rings. The number of benzene rings is 3. The van der Waals surface area contributed by atoms with Crippen LogP contribution >= 0.6 is 0 Å². The second-order valence-electron chi connectivity index (χ2n) is 9.07. The lowest BCUT2D eigenvalue weighted by atomic mass is 9.79. The van der Waals surface area contributed by atoms with Crippen LogP contribution in [0.2, 0.25) is 6.55 Å². The van der Waals surface area contributed by atoms with Gasteiger partial charge in [-0.05, 0) is 48.7 Å². The fourth-order valence-electron chi connectivity index (χ4n) is 4.02. The maximum absolute atomic E-state index is 6.32. The Labute approximate surface area is 176 Å². The van der Waals surface area contributed by atoms with Gasteiger partial charge in [-0.25, -0.2) is 0 Å². The zero-order valence-electron chi connectivity index (χ0n) is 18.0. The summed E-state index contributed by atoms with van der Waals surface area (Å²) in [6.07, 6.45) is 0. The summed E-state index contributed by atoms with van der Waals surface area (Å²) >= 11 is 0. The van der Waals surface area contributed by atoms with E-state index in [4.69, 9.17) is 9.31 Å². The van der Waals surface area contributed by atoms with Gasteiger partial charge in [-0.1, -0.05) is 91.5 Å². The van der Waals surface area contributed by atoms with Gasteiger partial charge in [0.25, 0.3) is 0 Å². The van der Waals surface area contributed by atoms with Gasteiger partial charge in [0.2, 0.25) is 0 Å². The van der Waals surface area contributed by atoms with Crippen molar-refractivity contribution >= 4 is 36.2 Å². The Morgan fingerprint density at radius 3 is 1.55 bits per heavy atom. The Kier molecular flexibility index (Phi) is 5.06. The molecule has 2 nitrogen and oxygen atoms in total. The predicted molar refractivity (Wildman–Crippen MR) is 126 cm³/mol. The second-order valence-corrected chi connectivity index (χ2v) is 13.1. The molecule has 0 radical (unpaired) electrons. The van der Waals surface area contributed by atoms with Crippen molar-refractivity contribution in [3.05, 3.63) is 84.9 Å². The maximum atomic E-state index is 6.32. The van der Waals surface area contributed by atoms with Crippen molar-refractivity contribution in [2.75, 3.05) is 0 Å². The lowest BCUT2D eigenvalue weighted by Crippen LogP contribution is -2.65. The predicted octanol–water partition coefficient (Wildman–Crippen LogP) is 3.09. The monoisotopic (exact) mass is 400 g/mol. The molecule has 0 aromatic heterocycles. The van der Waals surface area contributed by atoms with E-state index in [9.17, 15) is 0 Å². The van der Waals surface area contributed by atoms with Crippen LogP contribution in [0.3, 0.4) is 0 Å². The SMILES string of the molecule is CC1(C)OB(c2cccc([Si](C)(c3ccccc3)c3ccccc3)c2)OC1(C)C. The lowest BCUT2D eigenvalue weighted by Gasteiger charge is -2.32. The van der Waals surface area contributed by atoms with E-state index < -0.39 is 8.07 Å². The Balaban J connectivity index is 1.81. The zero-order valence-corrected chi connectivity index (χ0v) is 19.0. The first-order valence-corrected chi connectivity index (χ1v) is 12.8. The van der Waals surface area contributed by atoms with Gasteiger partial charge in [0, 0.05) is 0 Å². The van der Waals surface area contributed by atoms with Crippen LogP contribution in [0.4, 0.5) is 0 Å². The number of hydrogen-bond acceptors (Lipinski definition) is 2. The van der Waals surface area contributed by atoms with E-state index in [1.54, 1.807) is 0 Å². The smallest absolute Gasteiger partial charge is 0.399 e. The van der Waals surface area contributed by atoms with Crippen molar-refractivity contribution in [2.45, 2.75) is 45.4 Å². The molecule has 1 fully saturated rings. The average molecular weight is 400 g/mol. The highest BCUT2D eigenvalue weighted by Gasteiger charge is 2.52. The third-order valence-electron chi connectivity index (χ3n) is 6.69. The average Bonchev–Trinajstić information content (AvgIpc) is 2.96. The summed E-state index contributed by atoms with van der Waals surface area (Å²) in [6, 6.07) is 30.6. The second kappa shape index (κ2) is 7.28.